The number of carbonyl (C=O) groups is 1. The Balaban J connectivity index is 0.00000132. The van der Waals surface area contributed by atoms with E-state index in [1.54, 1.807) is 6.07 Å². The molecule has 2 heterocycles. The maximum absolute atomic E-state index is 12.4. The van der Waals surface area contributed by atoms with E-state index in [4.69, 9.17) is 4.74 Å². The molecule has 48 heavy (non-hydrogen) atoms. The molecule has 0 bridgehead atoms. The van der Waals surface area contributed by atoms with Crippen LogP contribution in [0.1, 0.15) is 91.5 Å². The van der Waals surface area contributed by atoms with Gasteiger partial charge in [-0.15, -0.1) is 0 Å². The molecule has 2 aliphatic rings. The predicted molar refractivity (Wildman–Crippen MR) is 197 cm³/mol. The maximum Gasteiger partial charge on any atom is 0.416 e. The zero-order valence-electron chi connectivity index (χ0n) is 31.2. The number of nitrogens with zero attached hydrogens (tertiary/aromatic N) is 4. The van der Waals surface area contributed by atoms with Crippen molar-refractivity contribution in [3.63, 3.8) is 0 Å². The molecule has 1 aromatic rings. The molecule has 0 unspecified atom stereocenters. The molecule has 276 valence electrons. The van der Waals surface area contributed by atoms with Crippen LogP contribution in [0.2, 0.25) is 0 Å². The Morgan fingerprint density at radius 1 is 0.854 bits per heavy atom. The second-order valence-corrected chi connectivity index (χ2v) is 11.7. The zero-order chi connectivity index (χ0) is 36.0. The number of carbonyl (C=O) groups excluding carboxylic acids is 1. The summed E-state index contributed by atoms with van der Waals surface area (Å²) in [6.07, 6.45) is 15.1. The Kier molecular flexibility index (Phi) is 27.7. The topological polar surface area (TPSA) is 39.3 Å². The number of piperazine rings is 1. The fraction of sp³-hybridized carbons (Fsp3) is 0.667. The molecule has 1 aromatic carbocycles. The van der Waals surface area contributed by atoms with E-state index in [0.717, 1.165) is 43.9 Å². The van der Waals surface area contributed by atoms with Crippen molar-refractivity contribution in [1.29, 1.82) is 0 Å². The molecule has 2 aliphatic heterocycles. The van der Waals surface area contributed by atoms with Gasteiger partial charge < -0.3 is 19.4 Å². The predicted octanol–water partition coefficient (Wildman–Crippen LogP) is 8.92. The fourth-order valence-electron chi connectivity index (χ4n) is 5.13. The van der Waals surface area contributed by atoms with Crippen molar-refractivity contribution >= 4 is 5.91 Å². The van der Waals surface area contributed by atoms with E-state index in [1.165, 1.54) is 90.1 Å². The smallest absolute Gasteiger partial charge is 0.416 e. The highest BCUT2D eigenvalue weighted by Crippen LogP contribution is 2.28. The first kappa shape index (κ1) is 45.4. The second kappa shape index (κ2) is 29.3. The highest BCUT2D eigenvalue weighted by molar-refractivity contribution is 5.75. The van der Waals surface area contributed by atoms with E-state index in [2.05, 4.69) is 21.7 Å². The molecule has 3 rings (SSSR count). The summed E-state index contributed by atoms with van der Waals surface area (Å²) in [4.78, 5) is 21.7. The molecule has 2 saturated heterocycles. The first-order valence-electron chi connectivity index (χ1n) is 18.3. The Bertz CT molecular complexity index is 983. The monoisotopic (exact) mass is 681 g/mol. The van der Waals surface area contributed by atoms with Crippen molar-refractivity contribution in [2.75, 3.05) is 79.6 Å². The highest BCUT2D eigenvalue weighted by atomic mass is 19.4. The Hall–Kier alpha value is -2.62. The first-order chi connectivity index (χ1) is 23.2. The Morgan fingerprint density at radius 3 is 2.02 bits per heavy atom. The lowest BCUT2D eigenvalue weighted by atomic mass is 10.1. The van der Waals surface area contributed by atoms with E-state index in [9.17, 15) is 18.0 Å². The SMILES string of the molecule is CC.CC.C\C=C/C(=C\C=C\CN(C)C(=O)CCCCCN1CCN(C)CC1)OCCN1CCCCCC1.FC(F)(F)c1ccccc1. The van der Waals surface area contributed by atoms with Gasteiger partial charge in [0.1, 0.15) is 12.4 Å². The van der Waals surface area contributed by atoms with Crippen LogP contribution in [0.3, 0.4) is 0 Å². The fourth-order valence-corrected chi connectivity index (χ4v) is 5.13. The van der Waals surface area contributed by atoms with Crippen LogP contribution >= 0.6 is 0 Å². The molecule has 9 heteroatoms. The van der Waals surface area contributed by atoms with Crippen molar-refractivity contribution < 1.29 is 22.7 Å². The Morgan fingerprint density at radius 2 is 1.46 bits per heavy atom. The molecule has 0 saturated carbocycles. The summed E-state index contributed by atoms with van der Waals surface area (Å²) in [5.41, 5.74) is -0.602. The minimum atomic E-state index is -4.21. The molecular formula is C39H67F3N4O2. The highest BCUT2D eigenvalue weighted by Gasteiger charge is 2.29. The average Bonchev–Trinajstić information content (AvgIpc) is 3.38. The summed E-state index contributed by atoms with van der Waals surface area (Å²) in [6.45, 7) is 20.6. The summed E-state index contributed by atoms with van der Waals surface area (Å²) in [5.74, 6) is 1.11. The lowest BCUT2D eigenvalue weighted by Crippen LogP contribution is -2.44. The Labute approximate surface area is 291 Å². The van der Waals surface area contributed by atoms with Crippen molar-refractivity contribution in [3.05, 3.63) is 72.0 Å². The zero-order valence-corrected chi connectivity index (χ0v) is 31.2. The van der Waals surface area contributed by atoms with E-state index in [-0.39, 0.29) is 5.91 Å². The molecular weight excluding hydrogens is 613 g/mol. The third-order valence-corrected chi connectivity index (χ3v) is 7.97. The number of likely N-dealkylation sites (tertiary alicyclic amines) is 1. The van der Waals surface area contributed by atoms with Gasteiger partial charge in [0.25, 0.3) is 0 Å². The average molecular weight is 681 g/mol. The number of rotatable bonds is 14. The third-order valence-electron chi connectivity index (χ3n) is 7.97. The van der Waals surface area contributed by atoms with Gasteiger partial charge in [0.2, 0.25) is 5.91 Å². The minimum absolute atomic E-state index is 0.232. The van der Waals surface area contributed by atoms with Crippen molar-refractivity contribution in [2.24, 2.45) is 0 Å². The van der Waals surface area contributed by atoms with Gasteiger partial charge in [-0.25, -0.2) is 0 Å². The van der Waals surface area contributed by atoms with Crippen LogP contribution in [0.4, 0.5) is 13.2 Å². The number of unbranched alkanes of at least 4 members (excludes halogenated alkanes) is 2. The number of amides is 1. The number of halogens is 3. The van der Waals surface area contributed by atoms with Crippen LogP contribution in [0.25, 0.3) is 0 Å². The van der Waals surface area contributed by atoms with Crippen LogP contribution in [-0.4, -0.2) is 105 Å². The van der Waals surface area contributed by atoms with Gasteiger partial charge in [-0.05, 0) is 71.4 Å². The largest absolute Gasteiger partial charge is 0.492 e. The van der Waals surface area contributed by atoms with Crippen LogP contribution in [0.15, 0.2) is 66.5 Å². The summed E-state index contributed by atoms with van der Waals surface area (Å²) >= 11 is 0. The van der Waals surface area contributed by atoms with Crippen molar-refractivity contribution in [1.82, 2.24) is 19.6 Å². The molecule has 2 fully saturated rings. The lowest BCUT2D eigenvalue weighted by molar-refractivity contribution is -0.137. The number of alkyl halides is 3. The minimum Gasteiger partial charge on any atom is -0.492 e. The summed E-state index contributed by atoms with van der Waals surface area (Å²) in [5, 5.41) is 0. The molecule has 6 nitrogen and oxygen atoms in total. The van der Waals surface area contributed by atoms with Gasteiger partial charge in [-0.3, -0.25) is 9.69 Å². The lowest BCUT2D eigenvalue weighted by Gasteiger charge is -2.32. The normalized spacial score (nSPS) is 16.6. The van der Waals surface area contributed by atoms with Gasteiger partial charge in [0.05, 0.1) is 5.56 Å². The maximum atomic E-state index is 12.4. The number of hydrogen-bond acceptors (Lipinski definition) is 5. The first-order valence-corrected chi connectivity index (χ1v) is 18.3. The molecule has 0 radical (unpaired) electrons. The van der Waals surface area contributed by atoms with Crippen molar-refractivity contribution in [2.45, 2.75) is 92.2 Å². The second-order valence-electron chi connectivity index (χ2n) is 11.7. The molecule has 0 aliphatic carbocycles. The van der Waals surface area contributed by atoms with Gasteiger partial charge in [-0.2, -0.15) is 13.2 Å². The van der Waals surface area contributed by atoms with Crippen LogP contribution in [-0.2, 0) is 15.7 Å². The number of benzene rings is 1. The molecule has 1 amide bonds. The summed E-state index contributed by atoms with van der Waals surface area (Å²) in [7, 11) is 4.09. The van der Waals surface area contributed by atoms with Crippen LogP contribution in [0, 0.1) is 0 Å². The van der Waals surface area contributed by atoms with E-state index < -0.39 is 11.7 Å². The van der Waals surface area contributed by atoms with Gasteiger partial charge in [0.15, 0.2) is 0 Å². The quantitative estimate of drug-likeness (QED) is 0.112. The van der Waals surface area contributed by atoms with Gasteiger partial charge >= 0.3 is 6.18 Å². The third kappa shape index (κ3) is 22.9. The van der Waals surface area contributed by atoms with Crippen LogP contribution in [0.5, 0.6) is 0 Å². The number of ether oxygens (including phenoxy) is 1. The standard InChI is InChI=1S/C28H50N4O2.C7H5F3.2C2H6/c1-4-14-27(34-26-25-31-18-10-5-6-11-19-31)15-9-13-17-30(3)28(33)16-8-7-12-20-32-23-21-29(2)22-24-32;8-7(9,10)6-4-2-1-3-5-6;2*1-2/h4,9,13-15H,5-8,10-12,16-26H2,1-3H3;1-5H;2*1-2H3/b13-9+,14-4-,27-15+;;;. The van der Waals surface area contributed by atoms with Crippen LogP contribution < -0.4 is 0 Å². The van der Waals surface area contributed by atoms with E-state index >= 15 is 0 Å². The molecule has 0 aromatic heterocycles. The number of allylic oxidation sites excluding steroid dienone is 4. The van der Waals surface area contributed by atoms with E-state index in [0.29, 0.717) is 13.0 Å². The van der Waals surface area contributed by atoms with Gasteiger partial charge in [0, 0.05) is 52.7 Å². The van der Waals surface area contributed by atoms with Crippen molar-refractivity contribution in [3.8, 4) is 0 Å². The van der Waals surface area contributed by atoms with Gasteiger partial charge in [-0.1, -0.05) is 95.5 Å². The molecule has 0 spiro atoms. The summed E-state index contributed by atoms with van der Waals surface area (Å²) in [6, 6.07) is 6.36. The number of likely N-dealkylation sites (N-methyl/N-ethyl adjacent to an activating group) is 2. The number of hydrogen-bond donors (Lipinski definition) is 0. The molecule has 0 atom stereocenters. The molecule has 0 N–H and O–H groups in total. The van der Waals surface area contributed by atoms with E-state index in [1.807, 2.05) is 76.9 Å². The summed E-state index contributed by atoms with van der Waals surface area (Å²) < 4.78 is 41.4.